The Bertz CT molecular complexity index is 613. The van der Waals surface area contributed by atoms with Crippen molar-refractivity contribution in [2.24, 2.45) is 0 Å². The molecule has 0 spiro atoms. The van der Waals surface area contributed by atoms with Crippen LogP contribution in [0.1, 0.15) is 18.1 Å². The second-order valence-electron chi connectivity index (χ2n) is 4.62. The Labute approximate surface area is 118 Å². The van der Waals surface area contributed by atoms with Gasteiger partial charge in [-0.2, -0.15) is 0 Å². The van der Waals surface area contributed by atoms with Crippen LogP contribution in [-0.2, 0) is 14.8 Å². The van der Waals surface area contributed by atoms with Crippen LogP contribution in [0.3, 0.4) is 0 Å². The van der Waals surface area contributed by atoms with E-state index in [9.17, 15) is 18.5 Å². The molecule has 0 saturated heterocycles. The van der Waals surface area contributed by atoms with Gasteiger partial charge in [0.15, 0.2) is 0 Å². The number of hydrogen-bond donors (Lipinski definition) is 1. The van der Waals surface area contributed by atoms with Gasteiger partial charge in [0.2, 0.25) is 10.0 Å². The molecule has 20 heavy (non-hydrogen) atoms. The average molecular weight is 302 g/mol. The van der Waals surface area contributed by atoms with Gasteiger partial charge in [-0.05, 0) is 31.9 Å². The van der Waals surface area contributed by atoms with Crippen molar-refractivity contribution in [2.75, 3.05) is 13.7 Å². The molecule has 0 aliphatic rings. The number of nitrogens with zero attached hydrogens (tertiary/aromatic N) is 1. The topological polar surface area (TPSA) is 98.5 Å². The first-order valence-corrected chi connectivity index (χ1v) is 7.44. The summed E-state index contributed by atoms with van der Waals surface area (Å²) in [6.45, 7) is 5.13. The fraction of sp³-hybridized carbons (Fsp3) is 0.500. The summed E-state index contributed by atoms with van der Waals surface area (Å²) in [4.78, 5) is 10.2. The van der Waals surface area contributed by atoms with Crippen molar-refractivity contribution in [3.05, 3.63) is 33.4 Å². The molecule has 0 aromatic heterocycles. The fourth-order valence-corrected chi connectivity index (χ4v) is 3.37. The number of hydrogen-bond acceptors (Lipinski definition) is 5. The molecule has 112 valence electrons. The summed E-state index contributed by atoms with van der Waals surface area (Å²) in [5, 5.41) is 10.8. The zero-order valence-corrected chi connectivity index (χ0v) is 12.7. The van der Waals surface area contributed by atoms with Crippen LogP contribution in [0.2, 0.25) is 0 Å². The Kier molecular flexibility index (Phi) is 5.21. The van der Waals surface area contributed by atoms with Crippen LogP contribution in [0.4, 0.5) is 5.69 Å². The van der Waals surface area contributed by atoms with E-state index in [2.05, 4.69) is 4.72 Å². The van der Waals surface area contributed by atoms with Crippen LogP contribution in [0.15, 0.2) is 17.0 Å². The molecule has 0 aliphatic heterocycles. The van der Waals surface area contributed by atoms with Crippen molar-refractivity contribution in [1.82, 2.24) is 4.72 Å². The molecule has 0 saturated carbocycles. The summed E-state index contributed by atoms with van der Waals surface area (Å²) in [7, 11) is -2.36. The normalized spacial score (nSPS) is 13.2. The van der Waals surface area contributed by atoms with Gasteiger partial charge in [-0.3, -0.25) is 10.1 Å². The molecule has 7 nitrogen and oxygen atoms in total. The molecule has 0 radical (unpaired) electrons. The van der Waals surface area contributed by atoms with E-state index in [0.29, 0.717) is 11.1 Å². The van der Waals surface area contributed by atoms with Crippen LogP contribution in [0.5, 0.6) is 0 Å². The van der Waals surface area contributed by atoms with Gasteiger partial charge in [0, 0.05) is 25.3 Å². The summed E-state index contributed by atoms with van der Waals surface area (Å²) < 4.78 is 31.9. The minimum atomic E-state index is -3.83. The Balaban J connectivity index is 3.27. The van der Waals surface area contributed by atoms with Gasteiger partial charge < -0.3 is 4.74 Å². The van der Waals surface area contributed by atoms with Crippen molar-refractivity contribution in [1.29, 1.82) is 0 Å². The molecule has 1 aromatic carbocycles. The predicted molar refractivity (Wildman–Crippen MR) is 74.2 cm³/mol. The first-order chi connectivity index (χ1) is 9.19. The highest BCUT2D eigenvalue weighted by atomic mass is 32.2. The van der Waals surface area contributed by atoms with Gasteiger partial charge in [0.1, 0.15) is 0 Å². The van der Waals surface area contributed by atoms with E-state index in [-0.39, 0.29) is 17.2 Å². The van der Waals surface area contributed by atoms with Gasteiger partial charge in [0.05, 0.1) is 16.4 Å². The van der Waals surface area contributed by atoms with E-state index < -0.39 is 21.0 Å². The molecule has 0 heterocycles. The first-order valence-electron chi connectivity index (χ1n) is 5.96. The molecule has 0 amide bonds. The minimum Gasteiger partial charge on any atom is -0.383 e. The largest absolute Gasteiger partial charge is 0.383 e. The Morgan fingerprint density at radius 1 is 1.40 bits per heavy atom. The average Bonchev–Trinajstić information content (AvgIpc) is 2.31. The maximum absolute atomic E-state index is 12.3. The van der Waals surface area contributed by atoms with Crippen LogP contribution in [0.25, 0.3) is 0 Å². The molecule has 1 N–H and O–H groups in total. The molecule has 0 fully saturated rings. The fourth-order valence-electron chi connectivity index (χ4n) is 1.81. The molecular formula is C12H18N2O5S. The molecule has 1 aromatic rings. The van der Waals surface area contributed by atoms with Gasteiger partial charge in [-0.1, -0.05) is 0 Å². The van der Waals surface area contributed by atoms with Crippen LogP contribution in [-0.4, -0.2) is 33.1 Å². The van der Waals surface area contributed by atoms with E-state index >= 15 is 0 Å². The standard InChI is InChI=1S/C12H18N2O5S/c1-8-5-11(14(15)16)6-12(10(8)3)20(17,18)13-9(2)7-19-4/h5-6,9,13H,7H2,1-4H3/t9-/m1/s1. The molecule has 8 heteroatoms. The summed E-state index contributed by atoms with van der Waals surface area (Å²) in [6.07, 6.45) is 0. The second-order valence-corrected chi connectivity index (χ2v) is 6.30. The number of aryl methyl sites for hydroxylation is 1. The lowest BCUT2D eigenvalue weighted by atomic mass is 10.1. The number of benzene rings is 1. The van der Waals surface area contributed by atoms with Crippen LogP contribution >= 0.6 is 0 Å². The third kappa shape index (κ3) is 3.75. The number of methoxy groups -OCH3 is 1. The molecule has 1 rings (SSSR count). The Morgan fingerprint density at radius 2 is 2.00 bits per heavy atom. The predicted octanol–water partition coefficient (Wildman–Crippen LogP) is 1.52. The third-order valence-corrected chi connectivity index (χ3v) is 4.59. The number of nitrogens with one attached hydrogen (secondary N) is 1. The summed E-state index contributed by atoms with van der Waals surface area (Å²) in [6, 6.07) is 2.00. The molecule has 1 atom stereocenters. The number of nitro benzene ring substituents is 1. The van der Waals surface area contributed by atoms with Crippen molar-refractivity contribution >= 4 is 15.7 Å². The van der Waals surface area contributed by atoms with Gasteiger partial charge in [-0.15, -0.1) is 0 Å². The highest BCUT2D eigenvalue weighted by Gasteiger charge is 2.23. The number of non-ortho nitro benzene ring substituents is 1. The van der Waals surface area contributed by atoms with E-state index in [1.54, 1.807) is 20.8 Å². The maximum Gasteiger partial charge on any atom is 0.271 e. The van der Waals surface area contributed by atoms with Gasteiger partial charge >= 0.3 is 0 Å². The van der Waals surface area contributed by atoms with E-state index in [4.69, 9.17) is 4.74 Å². The zero-order chi connectivity index (χ0) is 15.5. The summed E-state index contributed by atoms with van der Waals surface area (Å²) >= 11 is 0. The molecule has 0 aliphatic carbocycles. The van der Waals surface area contributed by atoms with Crippen LogP contribution < -0.4 is 4.72 Å². The monoisotopic (exact) mass is 302 g/mol. The smallest absolute Gasteiger partial charge is 0.271 e. The first kappa shape index (κ1) is 16.5. The maximum atomic E-state index is 12.3. The number of sulfonamides is 1. The number of rotatable bonds is 6. The highest BCUT2D eigenvalue weighted by molar-refractivity contribution is 7.89. The molecule has 0 unspecified atom stereocenters. The van der Waals surface area contributed by atoms with Crippen molar-refractivity contribution in [3.8, 4) is 0 Å². The SMILES string of the molecule is COC[C@@H](C)NS(=O)(=O)c1cc([N+](=O)[O-])cc(C)c1C. The van der Waals surface area contributed by atoms with Gasteiger partial charge in [0.25, 0.3) is 5.69 Å². The second kappa shape index (κ2) is 6.29. The number of nitro groups is 1. The van der Waals surface area contributed by atoms with Crippen LogP contribution in [0, 0.1) is 24.0 Å². The van der Waals surface area contributed by atoms with E-state index in [1.165, 1.54) is 13.2 Å². The lowest BCUT2D eigenvalue weighted by Crippen LogP contribution is -2.36. The van der Waals surface area contributed by atoms with Crippen molar-refractivity contribution in [3.63, 3.8) is 0 Å². The summed E-state index contributed by atoms with van der Waals surface area (Å²) in [5.74, 6) is 0. The van der Waals surface area contributed by atoms with E-state index in [0.717, 1.165) is 6.07 Å². The highest BCUT2D eigenvalue weighted by Crippen LogP contribution is 2.25. The molecular weight excluding hydrogens is 284 g/mol. The van der Waals surface area contributed by atoms with Crippen molar-refractivity contribution in [2.45, 2.75) is 31.7 Å². The zero-order valence-electron chi connectivity index (χ0n) is 11.8. The minimum absolute atomic E-state index is 0.0767. The third-order valence-electron chi connectivity index (χ3n) is 2.88. The Morgan fingerprint density at radius 3 is 2.50 bits per heavy atom. The van der Waals surface area contributed by atoms with Crippen molar-refractivity contribution < 1.29 is 18.1 Å². The lowest BCUT2D eigenvalue weighted by Gasteiger charge is -2.15. The quantitative estimate of drug-likeness (QED) is 0.634. The van der Waals surface area contributed by atoms with Gasteiger partial charge in [-0.25, -0.2) is 13.1 Å². The molecule has 0 bridgehead atoms. The summed E-state index contributed by atoms with van der Waals surface area (Å²) in [5.41, 5.74) is 0.805. The lowest BCUT2D eigenvalue weighted by molar-refractivity contribution is -0.385. The van der Waals surface area contributed by atoms with E-state index in [1.807, 2.05) is 0 Å². The number of ether oxygens (including phenoxy) is 1. The Hall–Kier alpha value is -1.51.